The molecule has 0 spiro atoms. The lowest BCUT2D eigenvalue weighted by Gasteiger charge is -2.39. The van der Waals surface area contributed by atoms with Gasteiger partial charge in [-0.15, -0.1) is 0 Å². The van der Waals surface area contributed by atoms with Crippen LogP contribution in [-0.2, 0) is 4.79 Å². The maximum absolute atomic E-state index is 11.0. The van der Waals surface area contributed by atoms with Crippen LogP contribution in [0.5, 0.6) is 0 Å². The van der Waals surface area contributed by atoms with Crippen LogP contribution in [-0.4, -0.2) is 48.3 Å². The molecule has 106 valence electrons. The molecule has 18 heavy (non-hydrogen) atoms. The predicted octanol–water partition coefficient (Wildman–Crippen LogP) is 0.699. The van der Waals surface area contributed by atoms with Crippen molar-refractivity contribution in [2.24, 2.45) is 0 Å². The normalized spacial score (nSPS) is 15.8. The van der Waals surface area contributed by atoms with Crippen LogP contribution >= 0.6 is 0 Å². The van der Waals surface area contributed by atoms with E-state index in [1.165, 1.54) is 0 Å². The second-order valence-electron chi connectivity index (χ2n) is 5.32. The number of carbonyl (C=O) groups is 1. The minimum Gasteiger partial charge on any atom is -0.544 e. The standard InChI is InChI=1S/C14H27NO3/c1-5-7-8-9-10-12(16)11-15(3,4)13(6-2)14(17)18/h7-8,12-13,16H,5-6,9-11H2,1-4H3/b8-7+. The van der Waals surface area contributed by atoms with E-state index in [0.717, 1.165) is 12.8 Å². The first-order chi connectivity index (χ1) is 8.35. The lowest BCUT2D eigenvalue weighted by Crippen LogP contribution is -2.59. The highest BCUT2D eigenvalue weighted by Gasteiger charge is 2.30. The molecule has 1 N–H and O–H groups in total. The summed E-state index contributed by atoms with van der Waals surface area (Å²) in [4.78, 5) is 11.0. The van der Waals surface area contributed by atoms with Gasteiger partial charge in [-0.05, 0) is 19.3 Å². The molecular formula is C14H27NO3. The summed E-state index contributed by atoms with van der Waals surface area (Å²) in [5.41, 5.74) is 0. The molecule has 0 aliphatic rings. The largest absolute Gasteiger partial charge is 0.544 e. The summed E-state index contributed by atoms with van der Waals surface area (Å²) in [6, 6.07) is -0.564. The van der Waals surface area contributed by atoms with E-state index in [1.54, 1.807) is 0 Å². The number of carbonyl (C=O) groups excluding carboxylic acids is 1. The van der Waals surface area contributed by atoms with Crippen LogP contribution in [0.15, 0.2) is 12.2 Å². The lowest BCUT2D eigenvalue weighted by molar-refractivity contribution is -0.911. The number of quaternary nitrogens is 1. The van der Waals surface area contributed by atoms with Crippen molar-refractivity contribution in [2.75, 3.05) is 20.6 Å². The third-order valence-corrected chi connectivity index (χ3v) is 3.25. The van der Waals surface area contributed by atoms with Gasteiger partial charge in [0.25, 0.3) is 0 Å². The fourth-order valence-corrected chi connectivity index (χ4v) is 2.28. The number of aliphatic hydroxyl groups is 1. The number of nitrogens with zero attached hydrogens (tertiary/aromatic N) is 1. The number of hydrogen-bond acceptors (Lipinski definition) is 3. The van der Waals surface area contributed by atoms with Crippen molar-refractivity contribution in [3.63, 3.8) is 0 Å². The van der Waals surface area contributed by atoms with E-state index in [-0.39, 0.29) is 4.48 Å². The van der Waals surface area contributed by atoms with Crippen molar-refractivity contribution in [3.8, 4) is 0 Å². The average Bonchev–Trinajstić information content (AvgIpc) is 2.23. The van der Waals surface area contributed by atoms with Crippen molar-refractivity contribution in [3.05, 3.63) is 12.2 Å². The van der Waals surface area contributed by atoms with Crippen LogP contribution < -0.4 is 5.11 Å². The molecule has 2 unspecified atom stereocenters. The third kappa shape index (κ3) is 6.17. The number of allylic oxidation sites excluding steroid dienone is 2. The Balaban J connectivity index is 4.29. The molecule has 0 heterocycles. The average molecular weight is 257 g/mol. The highest BCUT2D eigenvalue weighted by Crippen LogP contribution is 2.13. The Labute approximate surface area is 111 Å². The summed E-state index contributed by atoms with van der Waals surface area (Å²) in [6.07, 6.45) is 6.66. The van der Waals surface area contributed by atoms with E-state index in [2.05, 4.69) is 19.1 Å². The first kappa shape index (κ1) is 17.1. The molecule has 0 aliphatic heterocycles. The van der Waals surface area contributed by atoms with E-state index < -0.39 is 18.1 Å². The third-order valence-electron chi connectivity index (χ3n) is 3.25. The summed E-state index contributed by atoms with van der Waals surface area (Å²) >= 11 is 0. The Bertz CT molecular complexity index is 274. The van der Waals surface area contributed by atoms with Gasteiger partial charge in [-0.3, -0.25) is 0 Å². The van der Waals surface area contributed by atoms with Gasteiger partial charge < -0.3 is 19.5 Å². The number of carboxylic acid groups (broad SMARTS) is 1. The van der Waals surface area contributed by atoms with Crippen molar-refractivity contribution >= 4 is 5.97 Å². The maximum atomic E-state index is 11.0. The minimum absolute atomic E-state index is 0.261. The smallest absolute Gasteiger partial charge is 0.129 e. The van der Waals surface area contributed by atoms with E-state index in [4.69, 9.17) is 0 Å². The Morgan fingerprint density at radius 3 is 2.39 bits per heavy atom. The number of rotatable bonds is 9. The number of hydrogen-bond donors (Lipinski definition) is 1. The molecule has 2 atom stereocenters. The predicted molar refractivity (Wildman–Crippen MR) is 70.7 cm³/mol. The van der Waals surface area contributed by atoms with Gasteiger partial charge in [-0.1, -0.05) is 26.0 Å². The number of aliphatic carboxylic acids is 1. The van der Waals surface area contributed by atoms with Crippen LogP contribution in [0, 0.1) is 0 Å². The van der Waals surface area contributed by atoms with Gasteiger partial charge in [-0.25, -0.2) is 0 Å². The van der Waals surface area contributed by atoms with Crippen LogP contribution in [0.4, 0.5) is 0 Å². The van der Waals surface area contributed by atoms with E-state index in [9.17, 15) is 15.0 Å². The van der Waals surface area contributed by atoms with Crippen LogP contribution in [0.1, 0.15) is 39.5 Å². The summed E-state index contributed by atoms with van der Waals surface area (Å²) in [7, 11) is 3.66. The molecule has 0 aromatic carbocycles. The Hall–Kier alpha value is -0.870. The van der Waals surface area contributed by atoms with Gasteiger partial charge in [0, 0.05) is 6.42 Å². The van der Waals surface area contributed by atoms with Gasteiger partial charge >= 0.3 is 0 Å². The van der Waals surface area contributed by atoms with Gasteiger partial charge in [0.2, 0.25) is 0 Å². The second-order valence-corrected chi connectivity index (χ2v) is 5.32. The van der Waals surface area contributed by atoms with Crippen molar-refractivity contribution in [1.29, 1.82) is 0 Å². The Kier molecular flexibility index (Phi) is 7.87. The van der Waals surface area contributed by atoms with Crippen LogP contribution in [0.3, 0.4) is 0 Å². The molecule has 4 nitrogen and oxygen atoms in total. The van der Waals surface area contributed by atoms with Crippen LogP contribution in [0.2, 0.25) is 0 Å². The second kappa shape index (κ2) is 8.27. The van der Waals surface area contributed by atoms with Crippen molar-refractivity contribution in [2.45, 2.75) is 51.7 Å². The van der Waals surface area contributed by atoms with Gasteiger partial charge in [0.15, 0.2) is 0 Å². The topological polar surface area (TPSA) is 60.4 Å². The summed E-state index contributed by atoms with van der Waals surface area (Å²) < 4.78 is 0.261. The maximum Gasteiger partial charge on any atom is 0.129 e. The first-order valence-corrected chi connectivity index (χ1v) is 6.71. The van der Waals surface area contributed by atoms with E-state index in [0.29, 0.717) is 19.4 Å². The molecule has 0 saturated carbocycles. The van der Waals surface area contributed by atoms with E-state index >= 15 is 0 Å². The molecular weight excluding hydrogens is 230 g/mol. The Morgan fingerprint density at radius 1 is 1.33 bits per heavy atom. The fourth-order valence-electron chi connectivity index (χ4n) is 2.28. The van der Waals surface area contributed by atoms with Crippen LogP contribution in [0.25, 0.3) is 0 Å². The molecule has 0 aliphatic carbocycles. The summed E-state index contributed by atoms with van der Waals surface area (Å²) in [5.74, 6) is -1.04. The molecule has 0 saturated heterocycles. The minimum atomic E-state index is -1.04. The SMILES string of the molecule is CC/C=C/CCC(O)C[N+](C)(C)C(CC)C(=O)[O-]. The zero-order valence-corrected chi connectivity index (χ0v) is 12.1. The summed E-state index contributed by atoms with van der Waals surface area (Å²) in [6.45, 7) is 4.34. The molecule has 0 aromatic rings. The van der Waals surface area contributed by atoms with E-state index in [1.807, 2.05) is 21.0 Å². The quantitative estimate of drug-likeness (QED) is 0.488. The molecule has 0 fully saturated rings. The zero-order chi connectivity index (χ0) is 14.2. The first-order valence-electron chi connectivity index (χ1n) is 6.71. The fraction of sp³-hybridized carbons (Fsp3) is 0.786. The van der Waals surface area contributed by atoms with Gasteiger partial charge in [0.05, 0.1) is 20.1 Å². The monoisotopic (exact) mass is 257 g/mol. The van der Waals surface area contributed by atoms with Crippen molar-refractivity contribution in [1.82, 2.24) is 0 Å². The molecule has 0 aromatic heterocycles. The lowest BCUT2D eigenvalue weighted by atomic mass is 10.1. The zero-order valence-electron chi connectivity index (χ0n) is 12.1. The highest BCUT2D eigenvalue weighted by atomic mass is 16.4. The van der Waals surface area contributed by atoms with Gasteiger partial charge in [-0.2, -0.15) is 0 Å². The highest BCUT2D eigenvalue weighted by molar-refractivity contribution is 5.69. The van der Waals surface area contributed by atoms with Crippen molar-refractivity contribution < 1.29 is 19.5 Å². The number of carboxylic acids is 1. The molecule has 4 heteroatoms. The number of likely N-dealkylation sites (N-methyl/N-ethyl adjacent to an activating group) is 1. The molecule has 0 bridgehead atoms. The van der Waals surface area contributed by atoms with Gasteiger partial charge in [0.1, 0.15) is 18.7 Å². The summed E-state index contributed by atoms with van der Waals surface area (Å²) in [5, 5.41) is 21.0. The molecule has 0 radical (unpaired) electrons. The molecule has 0 rings (SSSR count). The Morgan fingerprint density at radius 2 is 1.94 bits per heavy atom. The number of aliphatic hydroxyl groups excluding tert-OH is 1. The molecule has 0 amide bonds.